The van der Waals surface area contributed by atoms with Crippen LogP contribution < -0.4 is 10.6 Å². The van der Waals surface area contributed by atoms with E-state index in [2.05, 4.69) is 77.4 Å². The third-order valence-electron chi connectivity index (χ3n) is 5.58. The van der Waals surface area contributed by atoms with E-state index < -0.39 is 5.54 Å². The van der Waals surface area contributed by atoms with Crippen molar-refractivity contribution in [3.8, 4) is 0 Å². The van der Waals surface area contributed by atoms with Crippen LogP contribution in [0.5, 0.6) is 0 Å². The molecule has 0 radical (unpaired) electrons. The van der Waals surface area contributed by atoms with Crippen molar-refractivity contribution in [3.05, 3.63) is 119 Å². The second-order valence-corrected chi connectivity index (χ2v) is 8.09. The van der Waals surface area contributed by atoms with Crippen LogP contribution in [-0.2, 0) is 5.54 Å². The molecular formula is C25H19ClN2S. The minimum Gasteiger partial charge on any atom is -0.358 e. The van der Waals surface area contributed by atoms with Crippen molar-refractivity contribution in [2.45, 2.75) is 11.7 Å². The summed E-state index contributed by atoms with van der Waals surface area (Å²) in [5.41, 5.74) is 2.73. The van der Waals surface area contributed by atoms with Crippen LogP contribution in [0, 0.1) is 0 Å². The molecule has 0 aliphatic carbocycles. The Kier molecular flexibility index (Phi) is 4.59. The average molecular weight is 415 g/mol. The fourth-order valence-corrected chi connectivity index (χ4v) is 4.72. The summed E-state index contributed by atoms with van der Waals surface area (Å²) >= 11 is 12.1. The Balaban J connectivity index is 1.72. The van der Waals surface area contributed by atoms with Crippen molar-refractivity contribution < 1.29 is 0 Å². The molecule has 29 heavy (non-hydrogen) atoms. The van der Waals surface area contributed by atoms with Crippen molar-refractivity contribution in [3.63, 3.8) is 0 Å². The maximum absolute atomic E-state index is 6.09. The number of rotatable bonds is 3. The molecule has 2 unspecified atom stereocenters. The van der Waals surface area contributed by atoms with E-state index in [4.69, 9.17) is 23.8 Å². The van der Waals surface area contributed by atoms with E-state index in [9.17, 15) is 0 Å². The van der Waals surface area contributed by atoms with Crippen molar-refractivity contribution in [1.29, 1.82) is 0 Å². The SMILES string of the molecule is S=C1NC(c2ccc(Cl)cc2)NC1(c1ccccc1)c1cccc2ccccc12. The topological polar surface area (TPSA) is 24.1 Å². The summed E-state index contributed by atoms with van der Waals surface area (Å²) in [7, 11) is 0. The summed E-state index contributed by atoms with van der Waals surface area (Å²) in [5, 5.41) is 10.4. The Morgan fingerprint density at radius 3 is 2.24 bits per heavy atom. The lowest BCUT2D eigenvalue weighted by Gasteiger charge is -2.32. The van der Waals surface area contributed by atoms with Crippen LogP contribution in [0.15, 0.2) is 97.1 Å². The summed E-state index contributed by atoms with van der Waals surface area (Å²) in [5.74, 6) is 0. The molecule has 142 valence electrons. The Labute approximate surface area is 180 Å². The summed E-state index contributed by atoms with van der Waals surface area (Å²) < 4.78 is 0. The maximum Gasteiger partial charge on any atom is 0.123 e. The number of thiocarbonyl (C=S) groups is 1. The van der Waals surface area contributed by atoms with Crippen LogP contribution >= 0.6 is 23.8 Å². The summed E-state index contributed by atoms with van der Waals surface area (Å²) in [6, 6.07) is 33.1. The number of hydrogen-bond donors (Lipinski definition) is 2. The van der Waals surface area contributed by atoms with E-state index in [1.807, 2.05) is 30.3 Å². The lowest BCUT2D eigenvalue weighted by atomic mass is 9.81. The summed E-state index contributed by atoms with van der Waals surface area (Å²) in [6.45, 7) is 0. The van der Waals surface area contributed by atoms with Gasteiger partial charge in [0.25, 0.3) is 0 Å². The second-order valence-electron chi connectivity index (χ2n) is 7.25. The van der Waals surface area contributed by atoms with Gasteiger partial charge in [-0.1, -0.05) is 109 Å². The van der Waals surface area contributed by atoms with Gasteiger partial charge in [-0.15, -0.1) is 0 Å². The fourth-order valence-electron chi connectivity index (χ4n) is 4.19. The quantitative estimate of drug-likeness (QED) is 0.405. The van der Waals surface area contributed by atoms with Crippen LogP contribution in [0.1, 0.15) is 22.9 Å². The highest BCUT2D eigenvalue weighted by Crippen LogP contribution is 2.40. The van der Waals surface area contributed by atoms with Crippen LogP contribution in [0.4, 0.5) is 0 Å². The molecular weight excluding hydrogens is 396 g/mol. The van der Waals surface area contributed by atoms with Gasteiger partial charge in [0.05, 0.1) is 0 Å². The Morgan fingerprint density at radius 1 is 0.759 bits per heavy atom. The number of benzene rings is 4. The number of halogens is 1. The van der Waals surface area contributed by atoms with Crippen LogP contribution in [0.3, 0.4) is 0 Å². The van der Waals surface area contributed by atoms with Gasteiger partial charge in [0.2, 0.25) is 0 Å². The molecule has 1 aliphatic rings. The van der Waals surface area contributed by atoms with E-state index in [-0.39, 0.29) is 6.17 Å². The van der Waals surface area contributed by atoms with E-state index in [1.54, 1.807) is 0 Å². The van der Waals surface area contributed by atoms with E-state index >= 15 is 0 Å². The van der Waals surface area contributed by atoms with Gasteiger partial charge in [0.15, 0.2) is 0 Å². The standard InChI is InChI=1S/C25H19ClN2S/c26-20-15-13-18(14-16-20)23-27-24(29)25(28-23,19-9-2-1-3-10-19)22-12-6-8-17-7-4-5-11-21(17)22/h1-16,23,28H,(H,27,29). The first-order valence-corrected chi connectivity index (χ1v) is 10.3. The zero-order chi connectivity index (χ0) is 19.8. The predicted molar refractivity (Wildman–Crippen MR) is 124 cm³/mol. The first kappa shape index (κ1) is 18.3. The van der Waals surface area contributed by atoms with Crippen molar-refractivity contribution in [1.82, 2.24) is 10.6 Å². The average Bonchev–Trinajstić information content (AvgIpc) is 3.12. The molecule has 4 heteroatoms. The van der Waals surface area contributed by atoms with E-state index in [0.29, 0.717) is 0 Å². The summed E-state index contributed by atoms with van der Waals surface area (Å²) in [4.78, 5) is 0.764. The normalized spacial score (nSPS) is 21.3. The molecule has 1 aliphatic heterocycles. The third kappa shape index (κ3) is 3.03. The molecule has 5 rings (SSSR count). The van der Waals surface area contributed by atoms with Crippen molar-refractivity contribution in [2.75, 3.05) is 0 Å². The zero-order valence-electron chi connectivity index (χ0n) is 15.6. The summed E-state index contributed by atoms with van der Waals surface area (Å²) in [6.07, 6.45) is -0.112. The lowest BCUT2D eigenvalue weighted by molar-refractivity contribution is 0.485. The lowest BCUT2D eigenvalue weighted by Crippen LogP contribution is -2.44. The molecule has 2 atom stereocenters. The number of hydrogen-bond acceptors (Lipinski definition) is 2. The predicted octanol–water partition coefficient (Wildman–Crippen LogP) is 5.96. The minimum absolute atomic E-state index is 0.112. The highest BCUT2D eigenvalue weighted by atomic mass is 35.5. The molecule has 0 spiro atoms. The van der Waals surface area contributed by atoms with Crippen molar-refractivity contribution in [2.24, 2.45) is 0 Å². The van der Waals surface area contributed by atoms with Gasteiger partial charge in [0.1, 0.15) is 16.7 Å². The molecule has 0 bridgehead atoms. The monoisotopic (exact) mass is 414 g/mol. The molecule has 1 saturated heterocycles. The molecule has 2 nitrogen and oxygen atoms in total. The second kappa shape index (κ2) is 7.27. The smallest absolute Gasteiger partial charge is 0.123 e. The highest BCUT2D eigenvalue weighted by Gasteiger charge is 2.47. The first-order valence-electron chi connectivity index (χ1n) is 9.56. The van der Waals surface area contributed by atoms with E-state index in [0.717, 1.165) is 26.7 Å². The van der Waals surface area contributed by atoms with Crippen LogP contribution in [0.2, 0.25) is 5.02 Å². The zero-order valence-corrected chi connectivity index (χ0v) is 17.2. The number of nitrogens with one attached hydrogen (secondary N) is 2. The van der Waals surface area contributed by atoms with Gasteiger partial charge in [0, 0.05) is 5.02 Å². The molecule has 1 heterocycles. The minimum atomic E-state index is -0.623. The molecule has 4 aromatic carbocycles. The maximum atomic E-state index is 6.09. The molecule has 0 amide bonds. The Morgan fingerprint density at radius 2 is 1.45 bits per heavy atom. The molecule has 0 saturated carbocycles. The van der Waals surface area contributed by atoms with Gasteiger partial charge < -0.3 is 5.32 Å². The van der Waals surface area contributed by atoms with Crippen LogP contribution in [-0.4, -0.2) is 4.99 Å². The highest BCUT2D eigenvalue weighted by molar-refractivity contribution is 7.80. The Hall–Kier alpha value is -2.72. The van der Waals surface area contributed by atoms with Crippen LogP contribution in [0.25, 0.3) is 10.8 Å². The third-order valence-corrected chi connectivity index (χ3v) is 6.26. The molecule has 2 N–H and O–H groups in total. The van der Waals surface area contributed by atoms with Gasteiger partial charge in [-0.3, -0.25) is 5.32 Å². The van der Waals surface area contributed by atoms with Gasteiger partial charge in [-0.05, 0) is 39.6 Å². The largest absolute Gasteiger partial charge is 0.358 e. The van der Waals surface area contributed by atoms with Gasteiger partial charge in [-0.25, -0.2) is 0 Å². The Bertz CT molecular complexity index is 1190. The number of fused-ring (bicyclic) bond motifs is 1. The molecule has 4 aromatic rings. The molecule has 1 fully saturated rings. The van der Waals surface area contributed by atoms with E-state index in [1.165, 1.54) is 10.8 Å². The fraction of sp³-hybridized carbons (Fsp3) is 0.0800. The first-order chi connectivity index (χ1) is 14.2. The van der Waals surface area contributed by atoms with Gasteiger partial charge in [-0.2, -0.15) is 0 Å². The molecule has 0 aromatic heterocycles. The van der Waals surface area contributed by atoms with Gasteiger partial charge >= 0.3 is 0 Å². The van der Waals surface area contributed by atoms with Crippen molar-refractivity contribution >= 4 is 39.6 Å².